The highest BCUT2D eigenvalue weighted by atomic mass is 16.3. The summed E-state index contributed by atoms with van der Waals surface area (Å²) in [5.41, 5.74) is 0. The van der Waals surface area contributed by atoms with Gasteiger partial charge in [-0.2, -0.15) is 0 Å². The second-order valence-electron chi connectivity index (χ2n) is 7.45. The van der Waals surface area contributed by atoms with Gasteiger partial charge in [0.15, 0.2) is 5.82 Å². The Morgan fingerprint density at radius 3 is 2.57 bits per heavy atom. The summed E-state index contributed by atoms with van der Waals surface area (Å²) in [5, 5.41) is 18.2. The lowest BCUT2D eigenvalue weighted by atomic mass is 9.67. The first-order chi connectivity index (χ1) is 10.2. The number of rotatable bonds is 4. The van der Waals surface area contributed by atoms with E-state index in [0.717, 1.165) is 30.0 Å². The van der Waals surface area contributed by atoms with Crippen LogP contribution in [0.3, 0.4) is 0 Å². The Morgan fingerprint density at radius 1 is 1.10 bits per heavy atom. The first kappa shape index (κ1) is 15.0. The zero-order chi connectivity index (χ0) is 14.8. The maximum absolute atomic E-state index is 9.51. The zero-order valence-corrected chi connectivity index (χ0v) is 13.5. The molecule has 118 valence electrons. The largest absolute Gasteiger partial charge is 0.388 e. The van der Waals surface area contributed by atoms with Gasteiger partial charge in [0.2, 0.25) is 0 Å². The maximum atomic E-state index is 9.51. The summed E-state index contributed by atoms with van der Waals surface area (Å²) >= 11 is 0. The van der Waals surface area contributed by atoms with Crippen molar-refractivity contribution >= 4 is 0 Å². The number of aliphatic hydroxyl groups is 1. The standard InChI is InChI=1S/C17H29N3O/c1-12(2)10-20-16(11-21)18-19-17(20)15-8-7-13-5-3-4-6-14(13)9-15/h12-15,21H,3-11H2,1-2H3. The molecule has 0 aliphatic heterocycles. The number of nitrogens with zero attached hydrogens (tertiary/aromatic N) is 3. The molecule has 4 heteroatoms. The van der Waals surface area contributed by atoms with Crippen LogP contribution in [0.1, 0.15) is 76.4 Å². The smallest absolute Gasteiger partial charge is 0.158 e. The molecule has 0 saturated heterocycles. The molecule has 2 saturated carbocycles. The molecule has 0 radical (unpaired) electrons. The third kappa shape index (κ3) is 3.15. The molecule has 3 rings (SSSR count). The van der Waals surface area contributed by atoms with Crippen LogP contribution in [0, 0.1) is 17.8 Å². The molecule has 0 bridgehead atoms. The fourth-order valence-electron chi connectivity index (χ4n) is 4.44. The van der Waals surface area contributed by atoms with Crippen LogP contribution in [0.4, 0.5) is 0 Å². The van der Waals surface area contributed by atoms with Crippen LogP contribution in [0.2, 0.25) is 0 Å². The van der Waals surface area contributed by atoms with Gasteiger partial charge in [-0.1, -0.05) is 39.5 Å². The van der Waals surface area contributed by atoms with Gasteiger partial charge in [0.25, 0.3) is 0 Å². The molecule has 1 N–H and O–H groups in total. The van der Waals surface area contributed by atoms with Crippen LogP contribution in [0.25, 0.3) is 0 Å². The summed E-state index contributed by atoms with van der Waals surface area (Å²) in [6.45, 7) is 5.34. The van der Waals surface area contributed by atoms with E-state index < -0.39 is 0 Å². The van der Waals surface area contributed by atoms with Crippen molar-refractivity contribution in [2.75, 3.05) is 0 Å². The number of aliphatic hydroxyl groups excluding tert-OH is 1. The zero-order valence-electron chi connectivity index (χ0n) is 13.5. The lowest BCUT2D eigenvalue weighted by molar-refractivity contribution is 0.151. The highest BCUT2D eigenvalue weighted by Crippen LogP contribution is 2.45. The quantitative estimate of drug-likeness (QED) is 0.923. The Bertz CT molecular complexity index is 469. The Hall–Kier alpha value is -0.900. The molecule has 2 fully saturated rings. The molecule has 1 aromatic rings. The van der Waals surface area contributed by atoms with Crippen molar-refractivity contribution in [1.29, 1.82) is 0 Å². The first-order valence-corrected chi connectivity index (χ1v) is 8.71. The maximum Gasteiger partial charge on any atom is 0.158 e. The van der Waals surface area contributed by atoms with E-state index in [1.165, 1.54) is 44.9 Å². The fourth-order valence-corrected chi connectivity index (χ4v) is 4.44. The normalized spacial score (nSPS) is 29.6. The molecule has 1 heterocycles. The average Bonchev–Trinajstić information content (AvgIpc) is 2.88. The van der Waals surface area contributed by atoms with Crippen LogP contribution in [0.15, 0.2) is 0 Å². The molecule has 4 nitrogen and oxygen atoms in total. The summed E-state index contributed by atoms with van der Waals surface area (Å²) in [4.78, 5) is 0. The molecule has 0 aromatic carbocycles. The summed E-state index contributed by atoms with van der Waals surface area (Å²) in [5.74, 6) is 4.85. The summed E-state index contributed by atoms with van der Waals surface area (Å²) in [6.07, 6.45) is 9.59. The van der Waals surface area contributed by atoms with E-state index in [1.54, 1.807) is 0 Å². The Balaban J connectivity index is 1.78. The predicted octanol–water partition coefficient (Wildman–Crippen LogP) is 3.50. The van der Waals surface area contributed by atoms with Gasteiger partial charge < -0.3 is 9.67 Å². The van der Waals surface area contributed by atoms with Crippen molar-refractivity contribution in [1.82, 2.24) is 14.8 Å². The second-order valence-corrected chi connectivity index (χ2v) is 7.45. The van der Waals surface area contributed by atoms with Gasteiger partial charge in [-0.25, -0.2) is 0 Å². The molecular weight excluding hydrogens is 262 g/mol. The lowest BCUT2D eigenvalue weighted by Gasteiger charge is -2.39. The van der Waals surface area contributed by atoms with Gasteiger partial charge in [0, 0.05) is 12.5 Å². The van der Waals surface area contributed by atoms with Crippen molar-refractivity contribution in [3.8, 4) is 0 Å². The summed E-state index contributed by atoms with van der Waals surface area (Å²) in [6, 6.07) is 0. The predicted molar refractivity (Wildman–Crippen MR) is 82.8 cm³/mol. The minimum atomic E-state index is -0.00149. The molecule has 1 aromatic heterocycles. The van der Waals surface area contributed by atoms with E-state index in [-0.39, 0.29) is 6.61 Å². The van der Waals surface area contributed by atoms with E-state index in [2.05, 4.69) is 28.6 Å². The number of hydrogen-bond donors (Lipinski definition) is 1. The number of hydrogen-bond acceptors (Lipinski definition) is 3. The van der Waals surface area contributed by atoms with Crippen molar-refractivity contribution in [3.05, 3.63) is 11.6 Å². The van der Waals surface area contributed by atoms with Crippen molar-refractivity contribution in [2.24, 2.45) is 17.8 Å². The molecule has 2 aliphatic carbocycles. The molecule has 3 atom stereocenters. The van der Waals surface area contributed by atoms with Gasteiger partial charge >= 0.3 is 0 Å². The number of fused-ring (bicyclic) bond motifs is 1. The third-order valence-corrected chi connectivity index (χ3v) is 5.45. The van der Waals surface area contributed by atoms with E-state index >= 15 is 0 Å². The van der Waals surface area contributed by atoms with E-state index in [9.17, 15) is 5.11 Å². The van der Waals surface area contributed by atoms with Crippen LogP contribution >= 0.6 is 0 Å². The molecular formula is C17H29N3O. The van der Waals surface area contributed by atoms with Gasteiger partial charge in [-0.3, -0.25) is 0 Å². The highest BCUT2D eigenvalue weighted by molar-refractivity contribution is 5.05. The summed E-state index contributed by atoms with van der Waals surface area (Å²) < 4.78 is 2.19. The minimum absolute atomic E-state index is 0.00149. The molecule has 0 amide bonds. The van der Waals surface area contributed by atoms with E-state index in [1.807, 2.05) is 0 Å². The van der Waals surface area contributed by atoms with E-state index in [4.69, 9.17) is 0 Å². The van der Waals surface area contributed by atoms with Crippen molar-refractivity contribution < 1.29 is 5.11 Å². The van der Waals surface area contributed by atoms with Gasteiger partial charge in [0.05, 0.1) is 0 Å². The Labute approximate surface area is 128 Å². The van der Waals surface area contributed by atoms with Gasteiger partial charge in [-0.05, 0) is 37.0 Å². The third-order valence-electron chi connectivity index (χ3n) is 5.45. The van der Waals surface area contributed by atoms with Crippen LogP contribution in [-0.4, -0.2) is 19.9 Å². The van der Waals surface area contributed by atoms with Crippen LogP contribution in [-0.2, 0) is 13.2 Å². The Morgan fingerprint density at radius 2 is 1.86 bits per heavy atom. The second kappa shape index (κ2) is 6.47. The molecule has 2 aliphatic rings. The number of aromatic nitrogens is 3. The van der Waals surface area contributed by atoms with Gasteiger partial charge in [-0.15, -0.1) is 10.2 Å². The SMILES string of the molecule is CC(C)Cn1c(CO)nnc1C1CCC2CCCCC2C1. The monoisotopic (exact) mass is 291 g/mol. The van der Waals surface area contributed by atoms with Crippen LogP contribution < -0.4 is 0 Å². The molecule has 21 heavy (non-hydrogen) atoms. The molecule has 3 unspecified atom stereocenters. The summed E-state index contributed by atoms with van der Waals surface area (Å²) in [7, 11) is 0. The lowest BCUT2D eigenvalue weighted by Crippen LogP contribution is -2.28. The van der Waals surface area contributed by atoms with Gasteiger partial charge in [0.1, 0.15) is 12.4 Å². The first-order valence-electron chi connectivity index (χ1n) is 8.71. The van der Waals surface area contributed by atoms with E-state index in [0.29, 0.717) is 11.8 Å². The topological polar surface area (TPSA) is 50.9 Å². The van der Waals surface area contributed by atoms with Crippen molar-refractivity contribution in [2.45, 2.75) is 77.9 Å². The average molecular weight is 291 g/mol. The minimum Gasteiger partial charge on any atom is -0.388 e. The van der Waals surface area contributed by atoms with Crippen molar-refractivity contribution in [3.63, 3.8) is 0 Å². The fraction of sp³-hybridized carbons (Fsp3) is 0.882. The van der Waals surface area contributed by atoms with Crippen LogP contribution in [0.5, 0.6) is 0 Å². The highest BCUT2D eigenvalue weighted by Gasteiger charge is 2.35. The Kier molecular flexibility index (Phi) is 4.63. The molecule has 0 spiro atoms.